The van der Waals surface area contributed by atoms with Crippen LogP contribution in [-0.4, -0.2) is 53.3 Å². The van der Waals surface area contributed by atoms with Crippen LogP contribution < -0.4 is 15.4 Å². The normalized spacial score (nSPS) is 12.9. The molecule has 0 fully saturated rings. The smallest absolute Gasteiger partial charge is 0.294 e. The molecule has 10 heteroatoms. The minimum absolute atomic E-state index is 0.0517. The second-order valence-corrected chi connectivity index (χ2v) is 7.22. The standard InChI is InChI=1S/C20H27N3O7/c1-5-20(3,4)21-11-17(25)13-29-18-8-6-16(7-9-18)22-19(26)10-15(14(2)24)12-30-23(27)28/h1,6-9,15,17,21,25H,10-13H2,2-4H3,(H,22,26). The third kappa shape index (κ3) is 9.86. The summed E-state index contributed by atoms with van der Waals surface area (Å²) in [5.41, 5.74) is -0.0691. The Morgan fingerprint density at radius 2 is 1.93 bits per heavy atom. The van der Waals surface area contributed by atoms with E-state index < -0.39 is 35.2 Å². The molecule has 10 nitrogen and oxygen atoms in total. The summed E-state index contributed by atoms with van der Waals surface area (Å²) in [6, 6.07) is 6.41. The minimum atomic E-state index is -1.00. The van der Waals surface area contributed by atoms with Crippen molar-refractivity contribution in [2.75, 3.05) is 25.1 Å². The summed E-state index contributed by atoms with van der Waals surface area (Å²) in [5, 5.41) is 24.8. The lowest BCUT2D eigenvalue weighted by Gasteiger charge is -2.22. The highest BCUT2D eigenvalue weighted by Crippen LogP contribution is 2.17. The number of hydrogen-bond acceptors (Lipinski definition) is 8. The Kier molecular flexibility index (Phi) is 9.74. The molecule has 1 amide bonds. The second kappa shape index (κ2) is 11.7. The van der Waals surface area contributed by atoms with E-state index in [1.807, 2.05) is 13.8 Å². The second-order valence-electron chi connectivity index (χ2n) is 7.22. The molecule has 3 N–H and O–H groups in total. The summed E-state index contributed by atoms with van der Waals surface area (Å²) < 4.78 is 5.50. The Hall–Kier alpha value is -3.16. The van der Waals surface area contributed by atoms with Gasteiger partial charge in [0.25, 0.3) is 5.09 Å². The highest BCUT2D eigenvalue weighted by Gasteiger charge is 2.20. The van der Waals surface area contributed by atoms with Gasteiger partial charge in [-0.05, 0) is 45.0 Å². The van der Waals surface area contributed by atoms with Gasteiger partial charge in [-0.25, -0.2) is 0 Å². The summed E-state index contributed by atoms with van der Waals surface area (Å²) in [4.78, 5) is 38.0. The van der Waals surface area contributed by atoms with Crippen LogP contribution in [0.1, 0.15) is 27.2 Å². The molecule has 0 radical (unpaired) electrons. The summed E-state index contributed by atoms with van der Waals surface area (Å²) in [7, 11) is 0. The van der Waals surface area contributed by atoms with Crippen LogP contribution in [0.5, 0.6) is 5.75 Å². The third-order valence-electron chi connectivity index (χ3n) is 4.11. The van der Waals surface area contributed by atoms with Crippen LogP contribution in [0.2, 0.25) is 0 Å². The molecule has 1 aromatic rings. The Morgan fingerprint density at radius 3 is 2.47 bits per heavy atom. The van der Waals surface area contributed by atoms with Crippen molar-refractivity contribution >= 4 is 17.4 Å². The number of aliphatic hydroxyl groups excluding tert-OH is 1. The first kappa shape index (κ1) is 24.9. The van der Waals surface area contributed by atoms with Crippen molar-refractivity contribution in [3.8, 4) is 18.1 Å². The van der Waals surface area contributed by atoms with Gasteiger partial charge in [0.1, 0.15) is 30.9 Å². The fourth-order valence-corrected chi connectivity index (χ4v) is 2.22. The number of nitrogens with zero attached hydrogens (tertiary/aromatic N) is 1. The van der Waals surface area contributed by atoms with Gasteiger partial charge < -0.3 is 20.0 Å². The average Bonchev–Trinajstić information content (AvgIpc) is 2.68. The molecule has 0 aliphatic carbocycles. The number of anilines is 1. The Bertz CT molecular complexity index is 772. The highest BCUT2D eigenvalue weighted by atomic mass is 16.9. The van der Waals surface area contributed by atoms with E-state index >= 15 is 0 Å². The first-order valence-corrected chi connectivity index (χ1v) is 9.23. The minimum Gasteiger partial charge on any atom is -0.491 e. The topological polar surface area (TPSA) is 140 Å². The number of rotatable bonds is 13. The molecule has 0 heterocycles. The molecule has 164 valence electrons. The highest BCUT2D eigenvalue weighted by molar-refractivity contribution is 5.94. The van der Waals surface area contributed by atoms with E-state index in [1.54, 1.807) is 24.3 Å². The van der Waals surface area contributed by atoms with E-state index in [2.05, 4.69) is 21.4 Å². The van der Waals surface area contributed by atoms with Gasteiger partial charge in [0.2, 0.25) is 5.91 Å². The van der Waals surface area contributed by atoms with Crippen molar-refractivity contribution in [1.82, 2.24) is 5.32 Å². The molecule has 1 aromatic carbocycles. The van der Waals surface area contributed by atoms with Gasteiger partial charge in [-0.1, -0.05) is 5.92 Å². The van der Waals surface area contributed by atoms with Crippen LogP contribution in [0.3, 0.4) is 0 Å². The van der Waals surface area contributed by atoms with E-state index in [4.69, 9.17) is 11.2 Å². The molecule has 1 rings (SSSR count). The largest absolute Gasteiger partial charge is 0.491 e. The van der Waals surface area contributed by atoms with Gasteiger partial charge in [-0.15, -0.1) is 16.5 Å². The summed E-state index contributed by atoms with van der Waals surface area (Å²) in [6.45, 7) is 4.73. The summed E-state index contributed by atoms with van der Waals surface area (Å²) in [6.07, 6.45) is 4.37. The summed E-state index contributed by atoms with van der Waals surface area (Å²) >= 11 is 0. The molecular weight excluding hydrogens is 394 g/mol. The maximum absolute atomic E-state index is 12.1. The van der Waals surface area contributed by atoms with Crippen LogP contribution in [0.4, 0.5) is 5.69 Å². The number of terminal acetylenes is 1. The molecule has 30 heavy (non-hydrogen) atoms. The van der Waals surface area contributed by atoms with E-state index in [-0.39, 0.29) is 25.4 Å². The Balaban J connectivity index is 2.48. The van der Waals surface area contributed by atoms with Crippen molar-refractivity contribution in [2.24, 2.45) is 5.92 Å². The number of ketones is 1. The van der Waals surface area contributed by atoms with Crippen molar-refractivity contribution in [3.05, 3.63) is 34.4 Å². The lowest BCUT2D eigenvalue weighted by atomic mass is 10.0. The predicted molar refractivity (Wildman–Crippen MR) is 109 cm³/mol. The number of ether oxygens (including phenoxy) is 1. The quantitative estimate of drug-likeness (QED) is 0.245. The number of amides is 1. The molecule has 0 aliphatic heterocycles. The number of carbonyl (C=O) groups is 2. The first-order chi connectivity index (χ1) is 14.0. The fourth-order valence-electron chi connectivity index (χ4n) is 2.22. The van der Waals surface area contributed by atoms with E-state index in [0.717, 1.165) is 0 Å². The SMILES string of the molecule is C#CC(C)(C)NCC(O)COc1ccc(NC(=O)CC(CO[N+](=O)[O-])C(C)=O)cc1. The summed E-state index contributed by atoms with van der Waals surface area (Å²) in [5.74, 6) is 1.29. The number of β-amino-alcohol motifs (C(OH)–C–C–N with tert-alkyl or cyclic N) is 1. The predicted octanol–water partition coefficient (Wildman–Crippen LogP) is 1.17. The average molecular weight is 421 g/mol. The molecule has 2 unspecified atom stereocenters. The first-order valence-electron chi connectivity index (χ1n) is 9.23. The number of hydrogen-bond donors (Lipinski definition) is 3. The maximum Gasteiger partial charge on any atom is 0.294 e. The number of benzene rings is 1. The van der Waals surface area contributed by atoms with Crippen LogP contribution in [-0.2, 0) is 14.4 Å². The van der Waals surface area contributed by atoms with Gasteiger partial charge in [0, 0.05) is 24.6 Å². The molecule has 0 saturated carbocycles. The zero-order chi connectivity index (χ0) is 22.7. The molecule has 2 atom stereocenters. The van der Waals surface area contributed by atoms with E-state index in [9.17, 15) is 24.8 Å². The van der Waals surface area contributed by atoms with Crippen LogP contribution in [0.25, 0.3) is 0 Å². The van der Waals surface area contributed by atoms with Crippen molar-refractivity contribution in [1.29, 1.82) is 0 Å². The zero-order valence-electron chi connectivity index (χ0n) is 17.2. The number of nitrogens with one attached hydrogen (secondary N) is 2. The maximum atomic E-state index is 12.1. The van der Waals surface area contributed by atoms with Gasteiger partial charge in [0.05, 0.1) is 5.54 Å². The van der Waals surface area contributed by atoms with Crippen LogP contribution >= 0.6 is 0 Å². The molecule has 0 aromatic heterocycles. The van der Waals surface area contributed by atoms with E-state index in [1.165, 1.54) is 6.92 Å². The van der Waals surface area contributed by atoms with E-state index in [0.29, 0.717) is 11.4 Å². The molecular formula is C20H27N3O7. The van der Waals surface area contributed by atoms with Crippen molar-refractivity contribution < 1.29 is 29.4 Å². The van der Waals surface area contributed by atoms with Crippen molar-refractivity contribution in [2.45, 2.75) is 38.8 Å². The number of aliphatic hydroxyl groups is 1. The van der Waals surface area contributed by atoms with Gasteiger partial charge in [-0.2, -0.15) is 0 Å². The molecule has 0 spiro atoms. The van der Waals surface area contributed by atoms with Crippen LogP contribution in [0.15, 0.2) is 24.3 Å². The Morgan fingerprint density at radius 1 is 1.30 bits per heavy atom. The molecule has 0 aliphatic rings. The lowest BCUT2D eigenvalue weighted by Crippen LogP contribution is -2.43. The van der Waals surface area contributed by atoms with Crippen LogP contribution in [0, 0.1) is 28.4 Å². The lowest BCUT2D eigenvalue weighted by molar-refractivity contribution is -0.758. The third-order valence-corrected chi connectivity index (χ3v) is 4.11. The van der Waals surface area contributed by atoms with Gasteiger partial charge in [-0.3, -0.25) is 14.9 Å². The number of Topliss-reactive ketones (excluding diaryl/α,β-unsaturated/α-hetero) is 1. The zero-order valence-corrected chi connectivity index (χ0v) is 17.2. The van der Waals surface area contributed by atoms with Gasteiger partial charge >= 0.3 is 0 Å². The molecule has 0 bridgehead atoms. The number of carbonyl (C=O) groups excluding carboxylic acids is 2. The Labute approximate surface area is 175 Å². The fraction of sp³-hybridized carbons (Fsp3) is 0.500. The molecule has 0 saturated heterocycles. The van der Waals surface area contributed by atoms with Gasteiger partial charge in [0.15, 0.2) is 0 Å². The van der Waals surface area contributed by atoms with Crippen molar-refractivity contribution in [3.63, 3.8) is 0 Å². The monoisotopic (exact) mass is 421 g/mol.